The first-order valence-corrected chi connectivity index (χ1v) is 7.51. The molecule has 0 bridgehead atoms. The predicted octanol–water partition coefficient (Wildman–Crippen LogP) is 3.52. The Morgan fingerprint density at radius 1 is 1.32 bits per heavy atom. The molecule has 1 aliphatic rings. The van der Waals surface area contributed by atoms with Gasteiger partial charge in [-0.15, -0.1) is 0 Å². The zero-order chi connectivity index (χ0) is 13.7. The molecule has 0 atom stereocenters. The van der Waals surface area contributed by atoms with Gasteiger partial charge in [-0.2, -0.15) is 5.10 Å². The minimum Gasteiger partial charge on any atom is -0.462 e. The maximum atomic E-state index is 11.9. The van der Waals surface area contributed by atoms with Crippen LogP contribution in [0, 0.1) is 0 Å². The van der Waals surface area contributed by atoms with Crippen LogP contribution in [-0.4, -0.2) is 22.4 Å². The van der Waals surface area contributed by atoms with E-state index >= 15 is 0 Å². The van der Waals surface area contributed by atoms with Gasteiger partial charge >= 0.3 is 5.97 Å². The van der Waals surface area contributed by atoms with Crippen LogP contribution in [0.25, 0.3) is 0 Å². The van der Waals surface area contributed by atoms with E-state index in [0.717, 1.165) is 12.1 Å². The summed E-state index contributed by atoms with van der Waals surface area (Å²) in [4.78, 5) is 11.9. The second kappa shape index (κ2) is 6.73. The summed E-state index contributed by atoms with van der Waals surface area (Å²) >= 11 is 0. The number of carbonyl (C=O) groups excluding carboxylic acids is 1. The van der Waals surface area contributed by atoms with Crippen LogP contribution in [0.5, 0.6) is 0 Å². The topological polar surface area (TPSA) is 44.1 Å². The van der Waals surface area contributed by atoms with Gasteiger partial charge in [-0.05, 0) is 26.2 Å². The molecule has 1 aromatic rings. The molecule has 1 aromatic heterocycles. The van der Waals surface area contributed by atoms with E-state index in [4.69, 9.17) is 4.74 Å². The molecule has 0 saturated heterocycles. The second-order valence-corrected chi connectivity index (χ2v) is 5.17. The standard InChI is InChI=1S/C15H24N2O2/c1-3-14-13(15(18)19-4-2)11-16-17(14)12-9-7-5-6-8-10-12/h11-12H,3-10H2,1-2H3. The summed E-state index contributed by atoms with van der Waals surface area (Å²) in [6.45, 7) is 4.32. The summed E-state index contributed by atoms with van der Waals surface area (Å²) in [5.74, 6) is -0.237. The van der Waals surface area contributed by atoms with Crippen LogP contribution in [0.3, 0.4) is 0 Å². The molecule has 0 radical (unpaired) electrons. The average molecular weight is 264 g/mol. The molecule has 4 heteroatoms. The van der Waals surface area contributed by atoms with Crippen molar-refractivity contribution in [1.82, 2.24) is 9.78 Å². The third-order valence-electron chi connectivity index (χ3n) is 3.90. The van der Waals surface area contributed by atoms with E-state index in [1.165, 1.54) is 38.5 Å². The lowest BCUT2D eigenvalue weighted by Gasteiger charge is -2.18. The maximum Gasteiger partial charge on any atom is 0.341 e. The van der Waals surface area contributed by atoms with Crippen LogP contribution >= 0.6 is 0 Å². The molecule has 0 N–H and O–H groups in total. The normalized spacial score (nSPS) is 17.2. The van der Waals surface area contributed by atoms with E-state index in [1.54, 1.807) is 6.20 Å². The number of hydrogen-bond donors (Lipinski definition) is 0. The van der Waals surface area contributed by atoms with Gasteiger partial charge in [0.15, 0.2) is 0 Å². The predicted molar refractivity (Wildman–Crippen MR) is 74.3 cm³/mol. The van der Waals surface area contributed by atoms with Gasteiger partial charge in [-0.1, -0.05) is 32.6 Å². The summed E-state index contributed by atoms with van der Waals surface area (Å²) < 4.78 is 7.18. The van der Waals surface area contributed by atoms with Crippen molar-refractivity contribution in [2.75, 3.05) is 6.61 Å². The molecule has 0 unspecified atom stereocenters. The van der Waals surface area contributed by atoms with Gasteiger partial charge in [0.25, 0.3) is 0 Å². The van der Waals surface area contributed by atoms with Crippen LogP contribution in [-0.2, 0) is 11.2 Å². The molecule has 1 heterocycles. The van der Waals surface area contributed by atoms with Gasteiger partial charge in [-0.3, -0.25) is 4.68 Å². The Balaban J connectivity index is 2.22. The van der Waals surface area contributed by atoms with E-state index in [1.807, 2.05) is 6.92 Å². The molecule has 19 heavy (non-hydrogen) atoms. The van der Waals surface area contributed by atoms with Crippen molar-refractivity contribution >= 4 is 5.97 Å². The lowest BCUT2D eigenvalue weighted by molar-refractivity contribution is 0.0525. The molecule has 1 aliphatic carbocycles. The lowest BCUT2D eigenvalue weighted by Crippen LogP contribution is -2.15. The van der Waals surface area contributed by atoms with E-state index in [9.17, 15) is 4.79 Å². The van der Waals surface area contributed by atoms with Crippen LogP contribution < -0.4 is 0 Å². The van der Waals surface area contributed by atoms with Crippen molar-refractivity contribution in [3.8, 4) is 0 Å². The minimum absolute atomic E-state index is 0.237. The molecule has 1 fully saturated rings. The van der Waals surface area contributed by atoms with Gasteiger partial charge in [0, 0.05) is 0 Å². The van der Waals surface area contributed by atoms with E-state index in [2.05, 4.69) is 16.7 Å². The van der Waals surface area contributed by atoms with Crippen molar-refractivity contribution in [3.05, 3.63) is 17.5 Å². The number of aromatic nitrogens is 2. The van der Waals surface area contributed by atoms with Crippen LogP contribution in [0.2, 0.25) is 0 Å². The monoisotopic (exact) mass is 264 g/mol. The summed E-state index contributed by atoms with van der Waals surface area (Å²) in [6, 6.07) is 0.459. The quantitative estimate of drug-likeness (QED) is 0.617. The number of ether oxygens (including phenoxy) is 1. The smallest absolute Gasteiger partial charge is 0.341 e. The van der Waals surface area contributed by atoms with Crippen molar-refractivity contribution in [2.45, 2.75) is 64.8 Å². The number of esters is 1. The fourth-order valence-electron chi connectivity index (χ4n) is 2.94. The molecular formula is C15H24N2O2. The highest BCUT2D eigenvalue weighted by molar-refractivity contribution is 5.90. The second-order valence-electron chi connectivity index (χ2n) is 5.17. The number of nitrogens with zero attached hydrogens (tertiary/aromatic N) is 2. The third kappa shape index (κ3) is 3.17. The SMILES string of the molecule is CCOC(=O)c1cnn(C2CCCCCC2)c1CC. The molecule has 2 rings (SSSR count). The highest BCUT2D eigenvalue weighted by atomic mass is 16.5. The number of hydrogen-bond acceptors (Lipinski definition) is 3. The van der Waals surface area contributed by atoms with Gasteiger partial charge in [0.2, 0.25) is 0 Å². The van der Waals surface area contributed by atoms with E-state index < -0.39 is 0 Å². The molecular weight excluding hydrogens is 240 g/mol. The number of rotatable bonds is 4. The zero-order valence-electron chi connectivity index (χ0n) is 12.0. The summed E-state index contributed by atoms with van der Waals surface area (Å²) in [7, 11) is 0. The Hall–Kier alpha value is -1.32. The molecule has 0 aromatic carbocycles. The minimum atomic E-state index is -0.237. The Bertz CT molecular complexity index is 418. The van der Waals surface area contributed by atoms with Crippen LogP contribution in [0.15, 0.2) is 6.20 Å². The van der Waals surface area contributed by atoms with E-state index in [0.29, 0.717) is 18.2 Å². The van der Waals surface area contributed by atoms with E-state index in [-0.39, 0.29) is 5.97 Å². The molecule has 4 nitrogen and oxygen atoms in total. The highest BCUT2D eigenvalue weighted by Gasteiger charge is 2.22. The highest BCUT2D eigenvalue weighted by Crippen LogP contribution is 2.28. The first kappa shape index (κ1) is 14.1. The fraction of sp³-hybridized carbons (Fsp3) is 0.733. The lowest BCUT2D eigenvalue weighted by atomic mass is 10.1. The van der Waals surface area contributed by atoms with Crippen molar-refractivity contribution < 1.29 is 9.53 Å². The third-order valence-corrected chi connectivity index (χ3v) is 3.90. The van der Waals surface area contributed by atoms with Crippen molar-refractivity contribution in [1.29, 1.82) is 0 Å². The zero-order valence-corrected chi connectivity index (χ0v) is 12.0. The van der Waals surface area contributed by atoms with Gasteiger partial charge < -0.3 is 4.74 Å². The Morgan fingerprint density at radius 2 is 2.00 bits per heavy atom. The Morgan fingerprint density at radius 3 is 2.58 bits per heavy atom. The molecule has 1 saturated carbocycles. The maximum absolute atomic E-state index is 11.9. The Labute approximate surface area is 115 Å². The summed E-state index contributed by atoms with van der Waals surface area (Å²) in [6.07, 6.45) is 10.0. The van der Waals surface area contributed by atoms with Gasteiger partial charge in [0.05, 0.1) is 24.5 Å². The average Bonchev–Trinajstić information content (AvgIpc) is 2.66. The Kier molecular flexibility index (Phi) is 5.00. The molecule has 0 amide bonds. The summed E-state index contributed by atoms with van der Waals surface area (Å²) in [5.41, 5.74) is 1.68. The largest absolute Gasteiger partial charge is 0.462 e. The first-order chi connectivity index (χ1) is 9.27. The molecule has 106 valence electrons. The van der Waals surface area contributed by atoms with Gasteiger partial charge in [-0.25, -0.2) is 4.79 Å². The fourth-order valence-corrected chi connectivity index (χ4v) is 2.94. The molecule has 0 spiro atoms. The van der Waals surface area contributed by atoms with Crippen LogP contribution in [0.4, 0.5) is 0 Å². The molecule has 0 aliphatic heterocycles. The van der Waals surface area contributed by atoms with Crippen molar-refractivity contribution in [3.63, 3.8) is 0 Å². The van der Waals surface area contributed by atoms with Crippen LogP contribution in [0.1, 0.15) is 74.5 Å². The van der Waals surface area contributed by atoms with Gasteiger partial charge in [0.1, 0.15) is 5.56 Å². The number of carbonyl (C=O) groups is 1. The summed E-state index contributed by atoms with van der Waals surface area (Å²) in [5, 5.41) is 4.47. The van der Waals surface area contributed by atoms with Crippen molar-refractivity contribution in [2.24, 2.45) is 0 Å². The first-order valence-electron chi connectivity index (χ1n) is 7.51.